The number of hydrogen-bond donors (Lipinski definition) is 3. The monoisotopic (exact) mass is 321 g/mol. The normalized spacial score (nSPS) is 18.7. The van der Waals surface area contributed by atoms with Crippen molar-refractivity contribution in [1.82, 2.24) is 16.0 Å². The minimum Gasteiger partial charge on any atom is -0.350 e. The lowest BCUT2D eigenvalue weighted by Crippen LogP contribution is -2.50. The topological polar surface area (TPSA) is 70.2 Å². The summed E-state index contributed by atoms with van der Waals surface area (Å²) in [4.78, 5) is 24.7. The fraction of sp³-hybridized carbons (Fsp3) is 0.500. The zero-order valence-corrected chi connectivity index (χ0v) is 13.6. The molecule has 2 amide bonds. The molecule has 1 aromatic carbocycles. The molecule has 6 heteroatoms. The van der Waals surface area contributed by atoms with Crippen molar-refractivity contribution >= 4 is 23.6 Å². The van der Waals surface area contributed by atoms with Crippen molar-refractivity contribution in [3.05, 3.63) is 35.9 Å². The number of thioether (sulfide) groups is 1. The highest BCUT2D eigenvalue weighted by atomic mass is 32.2. The molecule has 0 radical (unpaired) electrons. The van der Waals surface area contributed by atoms with Crippen LogP contribution in [0.5, 0.6) is 0 Å². The summed E-state index contributed by atoms with van der Waals surface area (Å²) in [6.45, 7) is 1.73. The second kappa shape index (κ2) is 8.80. The van der Waals surface area contributed by atoms with E-state index >= 15 is 0 Å². The first-order valence-electron chi connectivity index (χ1n) is 7.56. The Kier molecular flexibility index (Phi) is 6.74. The van der Waals surface area contributed by atoms with Gasteiger partial charge in [-0.15, -0.1) is 0 Å². The molecule has 3 N–H and O–H groups in total. The predicted octanol–water partition coefficient (Wildman–Crippen LogP) is 1.02. The van der Waals surface area contributed by atoms with Crippen LogP contribution in [0.4, 0.5) is 0 Å². The third-order valence-electron chi connectivity index (χ3n) is 3.68. The number of hydrogen-bond acceptors (Lipinski definition) is 4. The second-order valence-electron chi connectivity index (χ2n) is 5.37. The summed E-state index contributed by atoms with van der Waals surface area (Å²) in [6.07, 6.45) is 3.56. The Labute approximate surface area is 135 Å². The lowest BCUT2D eigenvalue weighted by atomic mass is 10.1. The molecule has 22 heavy (non-hydrogen) atoms. The van der Waals surface area contributed by atoms with Crippen LogP contribution in [0.3, 0.4) is 0 Å². The van der Waals surface area contributed by atoms with E-state index in [0.717, 1.165) is 25.3 Å². The number of nitrogens with one attached hydrogen (secondary N) is 3. The van der Waals surface area contributed by atoms with E-state index in [-0.39, 0.29) is 17.9 Å². The molecule has 120 valence electrons. The summed E-state index contributed by atoms with van der Waals surface area (Å²) in [5.74, 6) is 0.536. The quantitative estimate of drug-likeness (QED) is 0.701. The highest BCUT2D eigenvalue weighted by molar-refractivity contribution is 7.98. The van der Waals surface area contributed by atoms with E-state index < -0.39 is 6.04 Å². The van der Waals surface area contributed by atoms with Crippen LogP contribution in [0, 0.1) is 0 Å². The zero-order chi connectivity index (χ0) is 15.8. The van der Waals surface area contributed by atoms with Crippen LogP contribution in [0.2, 0.25) is 0 Å². The summed E-state index contributed by atoms with van der Waals surface area (Å²) in [5.41, 5.74) is 0.576. The van der Waals surface area contributed by atoms with E-state index in [0.29, 0.717) is 12.0 Å². The van der Waals surface area contributed by atoms with E-state index in [4.69, 9.17) is 0 Å². The van der Waals surface area contributed by atoms with Gasteiger partial charge in [-0.3, -0.25) is 9.59 Å². The van der Waals surface area contributed by atoms with Gasteiger partial charge in [0, 0.05) is 18.2 Å². The third kappa shape index (κ3) is 5.03. The number of rotatable bonds is 7. The van der Waals surface area contributed by atoms with Crippen LogP contribution in [-0.4, -0.2) is 49.0 Å². The Morgan fingerprint density at radius 2 is 2.14 bits per heavy atom. The molecule has 0 aliphatic carbocycles. The minimum absolute atomic E-state index is 0.0907. The molecule has 0 aromatic heterocycles. The maximum absolute atomic E-state index is 12.4. The van der Waals surface area contributed by atoms with Gasteiger partial charge >= 0.3 is 0 Å². The smallest absolute Gasteiger partial charge is 0.251 e. The fourth-order valence-corrected chi connectivity index (χ4v) is 2.89. The van der Waals surface area contributed by atoms with Gasteiger partial charge in [0.2, 0.25) is 5.91 Å². The van der Waals surface area contributed by atoms with Gasteiger partial charge in [0.05, 0.1) is 0 Å². The Bertz CT molecular complexity index is 489. The van der Waals surface area contributed by atoms with E-state index in [1.165, 1.54) is 0 Å². The Hall–Kier alpha value is -1.53. The molecule has 2 rings (SSSR count). The Morgan fingerprint density at radius 3 is 2.77 bits per heavy atom. The van der Waals surface area contributed by atoms with Crippen molar-refractivity contribution in [3.8, 4) is 0 Å². The first-order chi connectivity index (χ1) is 10.7. The lowest BCUT2D eigenvalue weighted by Gasteiger charge is -2.20. The maximum atomic E-state index is 12.4. The first kappa shape index (κ1) is 16.8. The van der Waals surface area contributed by atoms with Crippen LogP contribution in [-0.2, 0) is 4.79 Å². The largest absolute Gasteiger partial charge is 0.350 e. The molecule has 1 saturated heterocycles. The van der Waals surface area contributed by atoms with Crippen LogP contribution in [0.15, 0.2) is 30.3 Å². The summed E-state index contributed by atoms with van der Waals surface area (Å²) in [5, 5.41) is 9.10. The fourth-order valence-electron chi connectivity index (χ4n) is 2.42. The number of carbonyl (C=O) groups is 2. The molecule has 1 aliphatic rings. The number of benzene rings is 1. The maximum Gasteiger partial charge on any atom is 0.251 e. The van der Waals surface area contributed by atoms with Crippen molar-refractivity contribution in [2.24, 2.45) is 0 Å². The van der Waals surface area contributed by atoms with Gasteiger partial charge in [-0.2, -0.15) is 11.8 Å². The second-order valence-corrected chi connectivity index (χ2v) is 6.36. The lowest BCUT2D eigenvalue weighted by molar-refractivity contribution is -0.123. The Balaban J connectivity index is 1.95. The number of amides is 2. The van der Waals surface area contributed by atoms with E-state index in [1.807, 2.05) is 24.5 Å². The SMILES string of the molecule is CSCCC(NC(=O)c1ccccc1)C(=O)NC1CCNC1. The van der Waals surface area contributed by atoms with E-state index in [1.54, 1.807) is 23.9 Å². The summed E-state index contributed by atoms with van der Waals surface area (Å²) in [7, 11) is 0. The molecule has 1 heterocycles. The average molecular weight is 321 g/mol. The van der Waals surface area contributed by atoms with Crippen molar-refractivity contribution in [1.29, 1.82) is 0 Å². The van der Waals surface area contributed by atoms with E-state index in [2.05, 4.69) is 16.0 Å². The van der Waals surface area contributed by atoms with Gasteiger partial charge in [-0.1, -0.05) is 18.2 Å². The van der Waals surface area contributed by atoms with Gasteiger partial charge in [-0.25, -0.2) is 0 Å². The number of carbonyl (C=O) groups excluding carboxylic acids is 2. The Morgan fingerprint density at radius 1 is 1.36 bits per heavy atom. The van der Waals surface area contributed by atoms with Crippen LogP contribution < -0.4 is 16.0 Å². The standard InChI is InChI=1S/C16H23N3O2S/c1-22-10-8-14(16(21)18-13-7-9-17-11-13)19-15(20)12-5-3-2-4-6-12/h2-6,13-14,17H,7-11H2,1H3,(H,18,21)(H,19,20). The zero-order valence-electron chi connectivity index (χ0n) is 12.8. The van der Waals surface area contributed by atoms with Gasteiger partial charge in [0.15, 0.2) is 0 Å². The molecular formula is C16H23N3O2S. The molecule has 1 fully saturated rings. The van der Waals surface area contributed by atoms with Crippen molar-refractivity contribution < 1.29 is 9.59 Å². The molecule has 5 nitrogen and oxygen atoms in total. The molecular weight excluding hydrogens is 298 g/mol. The summed E-state index contributed by atoms with van der Waals surface area (Å²) in [6, 6.07) is 8.67. The summed E-state index contributed by atoms with van der Waals surface area (Å²) < 4.78 is 0. The summed E-state index contributed by atoms with van der Waals surface area (Å²) >= 11 is 1.67. The minimum atomic E-state index is -0.485. The molecule has 1 aromatic rings. The third-order valence-corrected chi connectivity index (χ3v) is 4.32. The van der Waals surface area contributed by atoms with Gasteiger partial charge < -0.3 is 16.0 Å². The van der Waals surface area contributed by atoms with Crippen molar-refractivity contribution in [2.75, 3.05) is 25.1 Å². The molecule has 0 spiro atoms. The van der Waals surface area contributed by atoms with Crippen LogP contribution >= 0.6 is 11.8 Å². The molecule has 2 unspecified atom stereocenters. The molecule has 0 bridgehead atoms. The predicted molar refractivity (Wildman–Crippen MR) is 90.1 cm³/mol. The highest BCUT2D eigenvalue weighted by Crippen LogP contribution is 2.06. The molecule has 1 aliphatic heterocycles. The first-order valence-corrected chi connectivity index (χ1v) is 8.96. The van der Waals surface area contributed by atoms with Crippen molar-refractivity contribution in [2.45, 2.75) is 24.9 Å². The van der Waals surface area contributed by atoms with Crippen LogP contribution in [0.25, 0.3) is 0 Å². The average Bonchev–Trinajstić information content (AvgIpc) is 3.04. The van der Waals surface area contributed by atoms with Crippen molar-refractivity contribution in [3.63, 3.8) is 0 Å². The molecule has 2 atom stereocenters. The van der Waals surface area contributed by atoms with Gasteiger partial charge in [-0.05, 0) is 43.5 Å². The molecule has 0 saturated carbocycles. The van der Waals surface area contributed by atoms with E-state index in [9.17, 15) is 9.59 Å². The highest BCUT2D eigenvalue weighted by Gasteiger charge is 2.24. The van der Waals surface area contributed by atoms with Gasteiger partial charge in [0.1, 0.15) is 6.04 Å². The van der Waals surface area contributed by atoms with Crippen LogP contribution in [0.1, 0.15) is 23.2 Å². The van der Waals surface area contributed by atoms with Gasteiger partial charge in [0.25, 0.3) is 5.91 Å².